The summed E-state index contributed by atoms with van der Waals surface area (Å²) in [7, 11) is 0. The lowest BCUT2D eigenvalue weighted by Crippen LogP contribution is -2.43. The van der Waals surface area contributed by atoms with Gasteiger partial charge in [0.25, 0.3) is 0 Å². The zero-order valence-electron chi connectivity index (χ0n) is 19.8. The van der Waals surface area contributed by atoms with Gasteiger partial charge in [0.15, 0.2) is 0 Å². The number of benzene rings is 2. The number of aryl methyl sites for hydroxylation is 1. The number of amides is 1. The molecular formula is C27H30FN5OS2. The maximum absolute atomic E-state index is 13.9. The number of rotatable bonds is 5. The van der Waals surface area contributed by atoms with Crippen molar-refractivity contribution >= 4 is 55.2 Å². The lowest BCUT2D eigenvalue weighted by atomic mass is 10.1. The van der Waals surface area contributed by atoms with Crippen molar-refractivity contribution in [3.8, 4) is 10.4 Å². The third-order valence-corrected chi connectivity index (χ3v) is 8.14. The largest absolute Gasteiger partial charge is 0.355 e. The highest BCUT2D eigenvalue weighted by Gasteiger charge is 2.17. The SMILES string of the molecule is Cc1ccc(-c2cc3ncnc(N4CCNCC4)c3s2)cc1F.O=CNCc1ccc2sccc2c1.[HH].[HH]. The zero-order chi connectivity index (χ0) is 24.9. The molecule has 1 amide bonds. The van der Waals surface area contributed by atoms with Crippen molar-refractivity contribution in [2.24, 2.45) is 0 Å². The Labute approximate surface area is 219 Å². The number of hydrogen-bond donors (Lipinski definition) is 2. The number of anilines is 1. The molecule has 1 saturated heterocycles. The van der Waals surface area contributed by atoms with Gasteiger partial charge < -0.3 is 15.5 Å². The Morgan fingerprint density at radius 3 is 2.81 bits per heavy atom. The maximum Gasteiger partial charge on any atom is 0.207 e. The number of aromatic nitrogens is 2. The van der Waals surface area contributed by atoms with Crippen LogP contribution in [-0.2, 0) is 11.3 Å². The van der Waals surface area contributed by atoms with E-state index in [4.69, 9.17) is 0 Å². The van der Waals surface area contributed by atoms with Gasteiger partial charge in [-0.1, -0.05) is 18.2 Å². The van der Waals surface area contributed by atoms with Crippen LogP contribution in [0.25, 0.3) is 30.7 Å². The predicted octanol–water partition coefficient (Wildman–Crippen LogP) is 5.85. The van der Waals surface area contributed by atoms with Crippen LogP contribution in [0.2, 0.25) is 0 Å². The van der Waals surface area contributed by atoms with Crippen LogP contribution >= 0.6 is 22.7 Å². The van der Waals surface area contributed by atoms with Crippen molar-refractivity contribution in [2.75, 3.05) is 31.1 Å². The number of halogens is 1. The van der Waals surface area contributed by atoms with Crippen LogP contribution in [0.1, 0.15) is 14.0 Å². The summed E-state index contributed by atoms with van der Waals surface area (Å²) in [6.07, 6.45) is 2.34. The molecule has 0 spiro atoms. The molecule has 1 aliphatic heterocycles. The molecule has 1 fully saturated rings. The Balaban J connectivity index is 0.000000229. The van der Waals surface area contributed by atoms with Crippen LogP contribution in [0.4, 0.5) is 10.2 Å². The van der Waals surface area contributed by atoms with E-state index < -0.39 is 0 Å². The molecule has 5 aromatic rings. The highest BCUT2D eigenvalue weighted by atomic mass is 32.1. The van der Waals surface area contributed by atoms with Gasteiger partial charge in [0.1, 0.15) is 18.0 Å². The fraction of sp³-hybridized carbons (Fsp3) is 0.222. The van der Waals surface area contributed by atoms with Crippen LogP contribution < -0.4 is 15.5 Å². The maximum atomic E-state index is 13.9. The quantitative estimate of drug-likeness (QED) is 0.283. The predicted molar refractivity (Wildman–Crippen MR) is 152 cm³/mol. The van der Waals surface area contributed by atoms with E-state index in [9.17, 15) is 9.18 Å². The number of thiophene rings is 2. The molecule has 36 heavy (non-hydrogen) atoms. The molecule has 0 atom stereocenters. The molecule has 0 saturated carbocycles. The van der Waals surface area contributed by atoms with Gasteiger partial charge in [-0.05, 0) is 64.7 Å². The zero-order valence-corrected chi connectivity index (χ0v) is 21.5. The lowest BCUT2D eigenvalue weighted by Gasteiger charge is -2.28. The van der Waals surface area contributed by atoms with Gasteiger partial charge in [-0.3, -0.25) is 4.79 Å². The fourth-order valence-corrected chi connectivity index (χ4v) is 6.01. The third-order valence-electron chi connectivity index (χ3n) is 6.07. The number of carbonyl (C=O) groups is 1. The molecule has 0 radical (unpaired) electrons. The van der Waals surface area contributed by atoms with Crippen molar-refractivity contribution in [3.63, 3.8) is 0 Å². The Kier molecular flexibility index (Phi) is 7.50. The molecule has 2 N–H and O–H groups in total. The van der Waals surface area contributed by atoms with Crippen LogP contribution in [0, 0.1) is 12.7 Å². The van der Waals surface area contributed by atoms with Crippen molar-refractivity contribution in [3.05, 3.63) is 77.2 Å². The van der Waals surface area contributed by atoms with E-state index >= 15 is 0 Å². The Morgan fingerprint density at radius 1 is 1.14 bits per heavy atom. The molecule has 0 bridgehead atoms. The van der Waals surface area contributed by atoms with Crippen LogP contribution in [0.5, 0.6) is 0 Å². The number of fused-ring (bicyclic) bond motifs is 2. The summed E-state index contributed by atoms with van der Waals surface area (Å²) in [5, 5.41) is 9.31. The molecule has 0 unspecified atom stereocenters. The monoisotopic (exact) mass is 523 g/mol. The molecule has 3 aromatic heterocycles. The summed E-state index contributed by atoms with van der Waals surface area (Å²) in [6, 6.07) is 15.7. The lowest BCUT2D eigenvalue weighted by molar-refractivity contribution is -0.109. The standard InChI is InChI=1S/C17H17FN4S.C10H9NOS.2H2/c1-11-2-3-12(8-13(11)18)15-9-14-16(23-15)17(21-10-20-14)22-6-4-19-5-7-22;12-7-11-6-8-1-2-10-9(5-8)3-4-13-10;;/h2-3,8-10,19H,4-7H2,1H3;1-5,7H,6H2,(H,11,12);2*1H. The third kappa shape index (κ3) is 5.38. The van der Waals surface area contributed by atoms with Crippen LogP contribution in [0.15, 0.2) is 60.2 Å². The van der Waals surface area contributed by atoms with Crippen molar-refractivity contribution in [2.45, 2.75) is 13.5 Å². The summed E-state index contributed by atoms with van der Waals surface area (Å²) in [5.74, 6) is 0.814. The van der Waals surface area contributed by atoms with Gasteiger partial charge in [-0.2, -0.15) is 0 Å². The molecule has 188 valence electrons. The van der Waals surface area contributed by atoms with Crippen molar-refractivity contribution in [1.29, 1.82) is 0 Å². The smallest absolute Gasteiger partial charge is 0.207 e. The van der Waals surface area contributed by atoms with E-state index in [0.717, 1.165) is 64.6 Å². The van der Waals surface area contributed by atoms with Gasteiger partial charge in [-0.15, -0.1) is 22.7 Å². The molecule has 6 nitrogen and oxygen atoms in total. The highest BCUT2D eigenvalue weighted by Crippen LogP contribution is 2.37. The minimum absolute atomic E-state index is 0. The Bertz CT molecular complexity index is 1500. The number of hydrogen-bond acceptors (Lipinski definition) is 7. The summed E-state index contributed by atoms with van der Waals surface area (Å²) in [5.41, 5.74) is 3.62. The number of nitrogens with one attached hydrogen (secondary N) is 2. The summed E-state index contributed by atoms with van der Waals surface area (Å²) < 4.78 is 16.2. The molecule has 2 aromatic carbocycles. The molecule has 9 heteroatoms. The van der Waals surface area contributed by atoms with E-state index in [0.29, 0.717) is 12.1 Å². The Morgan fingerprint density at radius 2 is 2.00 bits per heavy atom. The molecule has 1 aliphatic rings. The molecular weight excluding hydrogens is 493 g/mol. The van der Waals surface area contributed by atoms with Gasteiger partial charge in [0, 0.05) is 45.2 Å². The highest BCUT2D eigenvalue weighted by molar-refractivity contribution is 7.22. The molecule has 6 rings (SSSR count). The first kappa shape index (κ1) is 24.3. The van der Waals surface area contributed by atoms with E-state index in [2.05, 4.69) is 49.1 Å². The first-order valence-corrected chi connectivity index (χ1v) is 13.4. The second-order valence-electron chi connectivity index (χ2n) is 8.51. The average molecular weight is 524 g/mol. The summed E-state index contributed by atoms with van der Waals surface area (Å²) >= 11 is 3.36. The normalized spacial score (nSPS) is 13.4. The van der Waals surface area contributed by atoms with Crippen LogP contribution in [0.3, 0.4) is 0 Å². The van der Waals surface area contributed by atoms with Crippen molar-refractivity contribution < 1.29 is 12.0 Å². The molecule has 0 aliphatic carbocycles. The molecule has 4 heterocycles. The minimum Gasteiger partial charge on any atom is -0.355 e. The number of piperazine rings is 1. The van der Waals surface area contributed by atoms with E-state index in [-0.39, 0.29) is 8.67 Å². The number of nitrogens with zero attached hydrogens (tertiary/aromatic N) is 3. The van der Waals surface area contributed by atoms with Gasteiger partial charge in [0.05, 0.1) is 10.2 Å². The summed E-state index contributed by atoms with van der Waals surface area (Å²) in [4.78, 5) is 22.3. The average Bonchev–Trinajstić information content (AvgIpc) is 3.56. The minimum atomic E-state index is -0.173. The first-order chi connectivity index (χ1) is 17.6. The number of carbonyl (C=O) groups excluding carboxylic acids is 1. The van der Waals surface area contributed by atoms with Crippen molar-refractivity contribution in [1.82, 2.24) is 20.6 Å². The second-order valence-corrected chi connectivity index (χ2v) is 10.5. The van der Waals surface area contributed by atoms with E-state index in [1.54, 1.807) is 42.0 Å². The van der Waals surface area contributed by atoms with Gasteiger partial charge in [0.2, 0.25) is 6.41 Å². The van der Waals surface area contributed by atoms with E-state index in [1.165, 1.54) is 10.1 Å². The first-order valence-electron chi connectivity index (χ1n) is 11.7. The second kappa shape index (κ2) is 11.1. The Hall–Kier alpha value is -3.40. The van der Waals surface area contributed by atoms with Gasteiger partial charge >= 0.3 is 0 Å². The van der Waals surface area contributed by atoms with Crippen LogP contribution in [-0.4, -0.2) is 42.6 Å². The van der Waals surface area contributed by atoms with Gasteiger partial charge in [-0.25, -0.2) is 14.4 Å². The fourth-order valence-electron chi connectivity index (χ4n) is 4.12. The summed E-state index contributed by atoms with van der Waals surface area (Å²) in [6.45, 7) is 6.20. The topological polar surface area (TPSA) is 70.2 Å². The van der Waals surface area contributed by atoms with E-state index in [1.807, 2.05) is 24.3 Å².